The van der Waals surface area contributed by atoms with Crippen LogP contribution in [0, 0.1) is 10.5 Å². The van der Waals surface area contributed by atoms with Crippen molar-refractivity contribution in [1.29, 1.82) is 0 Å². The van der Waals surface area contributed by atoms with Crippen molar-refractivity contribution in [3.05, 3.63) is 38.2 Å². The first-order valence-electron chi connectivity index (χ1n) is 4.61. The number of unbranched alkanes of at least 4 members (excludes halogenated alkanes) is 1. The van der Waals surface area contributed by atoms with Gasteiger partial charge in [-0.2, -0.15) is 6.42 Å². The Balaban J connectivity index is 0. The number of halogens is 3. The van der Waals surface area contributed by atoms with Crippen molar-refractivity contribution < 1.29 is 28.8 Å². The molecule has 2 nitrogen and oxygen atoms in total. The van der Waals surface area contributed by atoms with E-state index in [9.17, 15) is 4.79 Å². The van der Waals surface area contributed by atoms with Crippen LogP contribution in [-0.2, 0) is 0 Å². The van der Waals surface area contributed by atoms with Gasteiger partial charge in [0.05, 0.1) is 15.6 Å². The molecule has 0 fully saturated rings. The van der Waals surface area contributed by atoms with Crippen LogP contribution in [0.2, 0.25) is 10.0 Å². The molecule has 0 radical (unpaired) electrons. The molecule has 0 heterocycles. The molecular formula is C11H12Cl2ILiO2. The molecule has 0 unspecified atom stereocenters. The molecule has 0 atom stereocenters. The quantitative estimate of drug-likeness (QED) is 0.368. The van der Waals surface area contributed by atoms with Crippen molar-refractivity contribution in [1.82, 2.24) is 0 Å². The van der Waals surface area contributed by atoms with E-state index < -0.39 is 5.97 Å². The maximum absolute atomic E-state index is 10.6. The Bertz CT molecular complexity index is 371. The number of hydrogen-bond acceptors (Lipinski definition) is 1. The standard InChI is InChI=1S/C7H3Cl2IO2.C4H9.Li/c8-3-1-2-4(10)5(6(3)9)7(11)12;1-3-4-2;/h1-2H,(H,11,12);1,3-4H2,2H3;/q;-1;+1. The molecule has 0 spiro atoms. The molecule has 0 saturated heterocycles. The number of carboxylic acid groups (broad SMARTS) is 1. The monoisotopic (exact) mass is 380 g/mol. The van der Waals surface area contributed by atoms with E-state index in [2.05, 4.69) is 13.8 Å². The first kappa shape index (κ1) is 19.9. The first-order valence-corrected chi connectivity index (χ1v) is 6.45. The second-order valence-corrected chi connectivity index (χ2v) is 4.82. The van der Waals surface area contributed by atoms with Gasteiger partial charge in [0.2, 0.25) is 0 Å². The summed E-state index contributed by atoms with van der Waals surface area (Å²) in [6, 6.07) is 3.18. The second-order valence-electron chi connectivity index (χ2n) is 2.88. The minimum Gasteiger partial charge on any atom is -0.478 e. The van der Waals surface area contributed by atoms with Gasteiger partial charge in [-0.1, -0.05) is 36.5 Å². The molecular weight excluding hydrogens is 369 g/mol. The number of carboxylic acids is 1. The summed E-state index contributed by atoms with van der Waals surface area (Å²) in [6.07, 6.45) is 2.28. The van der Waals surface area contributed by atoms with Gasteiger partial charge in [-0.05, 0) is 34.7 Å². The van der Waals surface area contributed by atoms with Crippen LogP contribution in [0.3, 0.4) is 0 Å². The van der Waals surface area contributed by atoms with Crippen molar-refractivity contribution in [3.63, 3.8) is 0 Å². The molecule has 1 rings (SSSR count). The zero-order chi connectivity index (χ0) is 12.7. The first-order chi connectivity index (χ1) is 7.45. The topological polar surface area (TPSA) is 37.3 Å². The molecule has 0 amide bonds. The minimum atomic E-state index is -1.06. The third-order valence-electron chi connectivity index (χ3n) is 1.61. The molecule has 0 saturated carbocycles. The van der Waals surface area contributed by atoms with Crippen LogP contribution in [0.5, 0.6) is 0 Å². The average molecular weight is 381 g/mol. The van der Waals surface area contributed by atoms with E-state index in [-0.39, 0.29) is 34.5 Å². The van der Waals surface area contributed by atoms with Gasteiger partial charge in [-0.15, -0.1) is 0 Å². The van der Waals surface area contributed by atoms with Gasteiger partial charge in [0.15, 0.2) is 0 Å². The minimum absolute atomic E-state index is 0. The van der Waals surface area contributed by atoms with Crippen LogP contribution >= 0.6 is 45.8 Å². The molecule has 0 bridgehead atoms. The molecule has 6 heteroatoms. The third kappa shape index (κ3) is 6.93. The molecule has 0 aliphatic rings. The number of rotatable bonds is 2. The van der Waals surface area contributed by atoms with Crippen LogP contribution < -0.4 is 18.9 Å². The number of hydrogen-bond donors (Lipinski definition) is 1. The fourth-order valence-corrected chi connectivity index (χ4v) is 1.97. The summed E-state index contributed by atoms with van der Waals surface area (Å²) >= 11 is 13.2. The summed E-state index contributed by atoms with van der Waals surface area (Å²) in [5.41, 5.74) is 0.0600. The van der Waals surface area contributed by atoms with Gasteiger partial charge in [-0.3, -0.25) is 0 Å². The second kappa shape index (κ2) is 10.5. The van der Waals surface area contributed by atoms with E-state index >= 15 is 0 Å². The van der Waals surface area contributed by atoms with E-state index in [1.807, 2.05) is 22.6 Å². The van der Waals surface area contributed by atoms with Crippen LogP contribution in [-0.4, -0.2) is 11.1 Å². The van der Waals surface area contributed by atoms with E-state index in [0.29, 0.717) is 3.57 Å². The predicted octanol–water partition coefficient (Wildman–Crippen LogP) is 1.92. The molecule has 1 aromatic rings. The summed E-state index contributed by atoms with van der Waals surface area (Å²) in [5, 5.41) is 9.08. The zero-order valence-electron chi connectivity index (χ0n) is 9.77. The summed E-state index contributed by atoms with van der Waals surface area (Å²) in [4.78, 5) is 10.6. The van der Waals surface area contributed by atoms with Crippen molar-refractivity contribution in [3.8, 4) is 0 Å². The van der Waals surface area contributed by atoms with E-state index in [0.717, 1.165) is 6.42 Å². The summed E-state index contributed by atoms with van der Waals surface area (Å²) < 4.78 is 0.578. The van der Waals surface area contributed by atoms with Gasteiger partial charge in [-0.25, -0.2) is 4.79 Å². The molecule has 0 aliphatic heterocycles. The average Bonchev–Trinajstić information content (AvgIpc) is 2.24. The Labute approximate surface area is 137 Å². The predicted molar refractivity (Wildman–Crippen MR) is 76.4 cm³/mol. The largest absolute Gasteiger partial charge is 1.00 e. The van der Waals surface area contributed by atoms with Crippen LogP contribution in [0.4, 0.5) is 0 Å². The van der Waals surface area contributed by atoms with E-state index in [1.54, 1.807) is 12.1 Å². The molecule has 90 valence electrons. The Morgan fingerprint density at radius 1 is 1.47 bits per heavy atom. The smallest absolute Gasteiger partial charge is 0.478 e. The van der Waals surface area contributed by atoms with E-state index in [1.165, 1.54) is 6.42 Å². The van der Waals surface area contributed by atoms with E-state index in [4.69, 9.17) is 28.3 Å². The summed E-state index contributed by atoms with van der Waals surface area (Å²) in [5.74, 6) is -1.06. The van der Waals surface area contributed by atoms with Gasteiger partial charge in [0, 0.05) is 3.57 Å². The fourth-order valence-electron chi connectivity index (χ4n) is 0.723. The fraction of sp³-hybridized carbons (Fsp3) is 0.273. The molecule has 1 N–H and O–H groups in total. The maximum Gasteiger partial charge on any atom is 1.00 e. The molecule has 17 heavy (non-hydrogen) atoms. The third-order valence-corrected chi connectivity index (χ3v) is 3.31. The van der Waals surface area contributed by atoms with Crippen LogP contribution in [0.15, 0.2) is 12.1 Å². The molecule has 0 aromatic heterocycles. The zero-order valence-corrected chi connectivity index (χ0v) is 13.4. The number of aromatic carboxylic acids is 1. The normalized spacial score (nSPS) is 8.76. The Kier molecular flexibility index (Phi) is 12.3. The SMILES string of the molecule is O=C(O)c1c(I)ccc(Cl)c1Cl.[CH2-]CCC.[Li+]. The summed E-state index contributed by atoms with van der Waals surface area (Å²) in [6.45, 7) is 5.72. The number of carbonyl (C=O) groups is 1. The molecule has 1 aromatic carbocycles. The van der Waals surface area contributed by atoms with Gasteiger partial charge < -0.3 is 12.0 Å². The van der Waals surface area contributed by atoms with Gasteiger partial charge in [0.1, 0.15) is 0 Å². The Morgan fingerprint density at radius 2 is 1.94 bits per heavy atom. The van der Waals surface area contributed by atoms with Crippen molar-refractivity contribution in [2.24, 2.45) is 0 Å². The molecule has 0 aliphatic carbocycles. The van der Waals surface area contributed by atoms with Crippen LogP contribution in [0.1, 0.15) is 30.1 Å². The van der Waals surface area contributed by atoms with Crippen molar-refractivity contribution in [2.75, 3.05) is 0 Å². The van der Waals surface area contributed by atoms with Gasteiger partial charge in [0.25, 0.3) is 0 Å². The summed E-state index contributed by atoms with van der Waals surface area (Å²) in [7, 11) is 0. The Hall–Kier alpha value is 0.597. The number of benzene rings is 1. The maximum atomic E-state index is 10.6. The Morgan fingerprint density at radius 3 is 2.24 bits per heavy atom. The van der Waals surface area contributed by atoms with Crippen molar-refractivity contribution >= 4 is 51.8 Å². The van der Waals surface area contributed by atoms with Crippen LogP contribution in [0.25, 0.3) is 0 Å². The van der Waals surface area contributed by atoms with Gasteiger partial charge >= 0.3 is 24.8 Å². The van der Waals surface area contributed by atoms with Crippen molar-refractivity contribution in [2.45, 2.75) is 19.8 Å².